The normalized spacial score (nSPS) is 11.6. The van der Waals surface area contributed by atoms with Gasteiger partial charge in [0.1, 0.15) is 5.60 Å². The first kappa shape index (κ1) is 38.4. The third-order valence-corrected chi connectivity index (χ3v) is 4.97. The molecule has 11 nitrogen and oxygen atoms in total. The van der Waals surface area contributed by atoms with Crippen LogP contribution >= 0.6 is 0 Å². The molecule has 1 aromatic rings. The topological polar surface area (TPSA) is 111 Å². The second-order valence-electron chi connectivity index (χ2n) is 9.70. The summed E-state index contributed by atoms with van der Waals surface area (Å²) in [6.45, 7) is 9.00. The van der Waals surface area contributed by atoms with E-state index in [1.807, 2.05) is 0 Å². The molecule has 1 aromatic carbocycles. The van der Waals surface area contributed by atoms with E-state index in [4.69, 9.17) is 33.2 Å². The molecule has 0 aromatic heterocycles. The van der Waals surface area contributed by atoms with Crippen LogP contribution in [0.25, 0.3) is 0 Å². The number of ether oxygens (including phenoxy) is 8. The first-order chi connectivity index (χ1) is 20.3. The number of rotatable bonds is 22. The summed E-state index contributed by atoms with van der Waals surface area (Å²) in [6.07, 6.45) is -0.896. The maximum atomic E-state index is 13.5. The van der Waals surface area contributed by atoms with Crippen LogP contribution < -0.4 is 4.74 Å². The van der Waals surface area contributed by atoms with Crippen molar-refractivity contribution in [1.29, 1.82) is 0 Å². The van der Waals surface area contributed by atoms with Gasteiger partial charge < -0.3 is 42.8 Å². The van der Waals surface area contributed by atoms with Crippen molar-refractivity contribution in [2.45, 2.75) is 32.8 Å². The van der Waals surface area contributed by atoms with E-state index in [1.54, 1.807) is 27.8 Å². The number of hydrogen-bond donors (Lipinski definition) is 0. The molecule has 1 rings (SSSR count). The molecule has 0 radical (unpaired) electrons. The lowest BCUT2D eigenvalue weighted by molar-refractivity contribution is -0.136. The summed E-state index contributed by atoms with van der Waals surface area (Å²) in [5, 5.41) is 0. The highest BCUT2D eigenvalue weighted by atomic mass is 19.2. The Balaban J connectivity index is 1.88. The van der Waals surface area contributed by atoms with Crippen LogP contribution in [0, 0.1) is 29.1 Å². The zero-order valence-corrected chi connectivity index (χ0v) is 24.8. The lowest BCUT2D eigenvalue weighted by Gasteiger charge is -2.24. The zero-order valence-electron chi connectivity index (χ0n) is 24.8. The first-order valence-corrected chi connectivity index (χ1v) is 13.5. The molecule has 0 fully saturated rings. The minimum absolute atomic E-state index is 0.0765. The molecule has 0 N–H and O–H groups in total. The van der Waals surface area contributed by atoms with Gasteiger partial charge in [0.05, 0.1) is 85.7 Å². The van der Waals surface area contributed by atoms with Gasteiger partial charge in [-0.1, -0.05) is 0 Å². The molecule has 0 heterocycles. The van der Waals surface area contributed by atoms with Gasteiger partial charge in [0.2, 0.25) is 34.8 Å². The number of benzene rings is 1. The van der Waals surface area contributed by atoms with Gasteiger partial charge in [-0.05, 0) is 20.8 Å². The van der Waals surface area contributed by atoms with Crippen molar-refractivity contribution in [1.82, 2.24) is 4.90 Å². The highest BCUT2D eigenvalue weighted by molar-refractivity contribution is 5.72. The summed E-state index contributed by atoms with van der Waals surface area (Å²) in [6, 6.07) is 0. The average Bonchev–Trinajstić information content (AvgIpc) is 2.95. The largest absolute Gasteiger partial charge is 0.444 e. The lowest BCUT2D eigenvalue weighted by atomic mass is 10.2. The van der Waals surface area contributed by atoms with Crippen molar-refractivity contribution in [2.75, 3.05) is 92.9 Å². The van der Waals surface area contributed by atoms with Crippen LogP contribution in [0.2, 0.25) is 0 Å². The van der Waals surface area contributed by atoms with Gasteiger partial charge in [0.15, 0.2) is 0 Å². The minimum atomic E-state index is -2.35. The highest BCUT2D eigenvalue weighted by Gasteiger charge is 2.28. The Kier molecular flexibility index (Phi) is 18.9. The molecule has 0 aliphatic rings. The van der Waals surface area contributed by atoms with E-state index < -0.39 is 58.9 Å². The maximum Gasteiger partial charge on any atom is 0.410 e. The first-order valence-electron chi connectivity index (χ1n) is 13.5. The summed E-state index contributed by atoms with van der Waals surface area (Å²) in [5.41, 5.74) is -0.546. The van der Waals surface area contributed by atoms with Gasteiger partial charge in [-0.25, -0.2) is 18.0 Å². The van der Waals surface area contributed by atoms with E-state index in [-0.39, 0.29) is 26.4 Å². The average molecular weight is 634 g/mol. The second kappa shape index (κ2) is 21.1. The Morgan fingerprint density at radius 1 is 0.581 bits per heavy atom. The number of esters is 1. The van der Waals surface area contributed by atoms with Gasteiger partial charge in [-0.3, -0.25) is 4.79 Å². The molecule has 0 unspecified atom stereocenters. The van der Waals surface area contributed by atoms with E-state index in [9.17, 15) is 31.5 Å². The standard InChI is InChI=1S/C27H40F5NO10/c1-27(2,3)43-26(35)33(4)6-8-37-10-12-39-14-16-41-18-17-40-15-13-38-11-9-36-7-5-19(34)42-25-23(31)21(29)20(28)22(30)24(25)32/h5-18H2,1-4H3. The molecule has 0 atom stereocenters. The number of carbonyl (C=O) groups excluding carboxylic acids is 2. The van der Waals surface area contributed by atoms with Gasteiger partial charge in [-0.15, -0.1) is 0 Å². The monoisotopic (exact) mass is 633 g/mol. The fourth-order valence-electron chi connectivity index (χ4n) is 2.83. The van der Waals surface area contributed by atoms with Crippen LogP contribution in [0.3, 0.4) is 0 Å². The number of carbonyl (C=O) groups is 2. The third-order valence-electron chi connectivity index (χ3n) is 4.97. The molecule has 0 bridgehead atoms. The Hall–Kier alpha value is -2.63. The Morgan fingerprint density at radius 2 is 0.930 bits per heavy atom. The van der Waals surface area contributed by atoms with Crippen LogP contribution in [0.5, 0.6) is 5.75 Å². The van der Waals surface area contributed by atoms with E-state index in [2.05, 4.69) is 4.74 Å². The molecule has 0 aliphatic heterocycles. The van der Waals surface area contributed by atoms with Crippen molar-refractivity contribution in [2.24, 2.45) is 0 Å². The van der Waals surface area contributed by atoms with Crippen LogP contribution in [0.15, 0.2) is 0 Å². The van der Waals surface area contributed by atoms with E-state index in [1.165, 1.54) is 4.90 Å². The predicted octanol–water partition coefficient (Wildman–Crippen LogP) is 3.64. The summed E-state index contributed by atoms with van der Waals surface area (Å²) in [5.74, 6) is -14.2. The molecule has 0 saturated carbocycles. The van der Waals surface area contributed by atoms with Crippen molar-refractivity contribution in [3.05, 3.63) is 29.1 Å². The summed E-state index contributed by atoms with van der Waals surface area (Å²) < 4.78 is 108. The molecule has 43 heavy (non-hydrogen) atoms. The molecule has 1 amide bonds. The second-order valence-corrected chi connectivity index (χ2v) is 9.70. The van der Waals surface area contributed by atoms with E-state index in [0.717, 1.165) is 0 Å². The molecule has 0 spiro atoms. The summed E-state index contributed by atoms with van der Waals surface area (Å²) in [7, 11) is 1.64. The molecular formula is C27H40F5NO10. The summed E-state index contributed by atoms with van der Waals surface area (Å²) in [4.78, 5) is 24.9. The van der Waals surface area contributed by atoms with Crippen molar-refractivity contribution in [3.63, 3.8) is 0 Å². The van der Waals surface area contributed by atoms with Crippen LogP contribution in [0.1, 0.15) is 27.2 Å². The minimum Gasteiger partial charge on any atom is -0.444 e. The van der Waals surface area contributed by atoms with Crippen LogP contribution in [-0.4, -0.2) is 115 Å². The fourth-order valence-corrected chi connectivity index (χ4v) is 2.83. The number of nitrogens with zero attached hydrogens (tertiary/aromatic N) is 1. The SMILES string of the molecule is CN(CCOCCOCCOCCOCCOCCOCCC(=O)Oc1c(F)c(F)c(F)c(F)c1F)C(=O)OC(C)(C)C. The fraction of sp³-hybridized carbons (Fsp3) is 0.704. The Bertz CT molecular complexity index is 951. The zero-order chi connectivity index (χ0) is 32.3. The molecule has 0 saturated heterocycles. The molecular weight excluding hydrogens is 593 g/mol. The third kappa shape index (κ3) is 16.7. The van der Waals surface area contributed by atoms with Gasteiger partial charge in [-0.2, -0.15) is 8.78 Å². The van der Waals surface area contributed by atoms with Gasteiger partial charge >= 0.3 is 12.1 Å². The van der Waals surface area contributed by atoms with Gasteiger partial charge in [0.25, 0.3) is 0 Å². The Morgan fingerprint density at radius 3 is 1.33 bits per heavy atom. The smallest absolute Gasteiger partial charge is 0.410 e. The van der Waals surface area contributed by atoms with Crippen molar-refractivity contribution < 1.29 is 69.4 Å². The van der Waals surface area contributed by atoms with E-state index >= 15 is 0 Å². The number of halogens is 5. The van der Waals surface area contributed by atoms with Crippen LogP contribution in [0.4, 0.5) is 26.7 Å². The number of likely N-dealkylation sites (N-methyl/N-ethyl adjacent to an activating group) is 1. The molecule has 16 heteroatoms. The maximum absolute atomic E-state index is 13.5. The van der Waals surface area contributed by atoms with Crippen LogP contribution in [-0.2, 0) is 38.0 Å². The summed E-state index contributed by atoms with van der Waals surface area (Å²) >= 11 is 0. The Labute approximate surface area is 247 Å². The lowest BCUT2D eigenvalue weighted by Crippen LogP contribution is -2.36. The quantitative estimate of drug-likeness (QED) is 0.0469. The molecule has 248 valence electrons. The van der Waals surface area contributed by atoms with Crippen molar-refractivity contribution >= 4 is 12.1 Å². The molecule has 0 aliphatic carbocycles. The van der Waals surface area contributed by atoms with E-state index in [0.29, 0.717) is 59.4 Å². The number of amides is 1. The number of hydrogen-bond acceptors (Lipinski definition) is 10. The van der Waals surface area contributed by atoms with Crippen molar-refractivity contribution in [3.8, 4) is 5.75 Å². The predicted molar refractivity (Wildman–Crippen MR) is 140 cm³/mol. The highest BCUT2D eigenvalue weighted by Crippen LogP contribution is 2.29. The van der Waals surface area contributed by atoms with Gasteiger partial charge in [0, 0.05) is 13.6 Å².